The van der Waals surface area contributed by atoms with E-state index in [1.54, 1.807) is 30.0 Å². The molecule has 1 aliphatic heterocycles. The van der Waals surface area contributed by atoms with Gasteiger partial charge >= 0.3 is 5.97 Å². The van der Waals surface area contributed by atoms with Crippen molar-refractivity contribution >= 4 is 62.2 Å². The van der Waals surface area contributed by atoms with Gasteiger partial charge in [-0.2, -0.15) is 0 Å². The minimum atomic E-state index is -0.441. The van der Waals surface area contributed by atoms with Gasteiger partial charge in [-0.15, -0.1) is 0 Å². The number of hydrogen-bond donors (Lipinski definition) is 0. The van der Waals surface area contributed by atoms with Crippen molar-refractivity contribution in [3.63, 3.8) is 0 Å². The van der Waals surface area contributed by atoms with E-state index in [1.165, 1.54) is 11.8 Å². The minimum Gasteiger partial charge on any atom is -0.481 e. The summed E-state index contributed by atoms with van der Waals surface area (Å²) in [5.41, 5.74) is 0.685. The summed E-state index contributed by atoms with van der Waals surface area (Å²) in [6, 6.07) is 5.35. The average Bonchev–Trinajstić information content (AvgIpc) is 2.80. The molecule has 1 fully saturated rings. The first-order chi connectivity index (χ1) is 11.5. The fraction of sp³-hybridized carbons (Fsp3) is 0.312. The number of nitrogens with zero attached hydrogens (tertiary/aromatic N) is 1. The van der Waals surface area contributed by atoms with Crippen LogP contribution in [0, 0.1) is 0 Å². The van der Waals surface area contributed by atoms with Crippen LogP contribution in [0.25, 0.3) is 6.08 Å². The maximum atomic E-state index is 12.3. The second-order valence-corrected chi connectivity index (χ2v) is 7.29. The largest absolute Gasteiger partial charge is 0.481 e. The number of esters is 1. The Morgan fingerprint density at radius 2 is 2.17 bits per heavy atom. The number of likely N-dealkylation sites (N-methyl/N-ethyl adjacent to an activating group) is 1. The van der Waals surface area contributed by atoms with Gasteiger partial charge in [-0.05, 0) is 38.1 Å². The monoisotopic (exact) mass is 429 g/mol. The Morgan fingerprint density at radius 1 is 1.42 bits per heavy atom. The first-order valence-corrected chi connectivity index (χ1v) is 9.31. The van der Waals surface area contributed by atoms with Crippen LogP contribution in [0.15, 0.2) is 27.6 Å². The number of thiocarbonyl (C=S) groups is 1. The van der Waals surface area contributed by atoms with Crippen molar-refractivity contribution in [2.75, 3.05) is 19.8 Å². The van der Waals surface area contributed by atoms with Gasteiger partial charge in [0.2, 0.25) is 0 Å². The van der Waals surface area contributed by atoms with E-state index < -0.39 is 5.97 Å². The lowest BCUT2D eigenvalue weighted by atomic mass is 10.2. The molecule has 0 aliphatic carbocycles. The highest BCUT2D eigenvalue weighted by Gasteiger charge is 2.30. The number of halogens is 1. The van der Waals surface area contributed by atoms with Crippen molar-refractivity contribution in [2.45, 2.75) is 13.8 Å². The highest BCUT2D eigenvalue weighted by Crippen LogP contribution is 2.34. The molecule has 1 heterocycles. The minimum absolute atomic E-state index is 0.121. The summed E-state index contributed by atoms with van der Waals surface area (Å²) in [4.78, 5) is 25.9. The van der Waals surface area contributed by atoms with Gasteiger partial charge < -0.3 is 9.47 Å². The zero-order valence-electron chi connectivity index (χ0n) is 13.2. The molecule has 0 N–H and O–H groups in total. The fourth-order valence-corrected chi connectivity index (χ4v) is 3.77. The predicted octanol–water partition coefficient (Wildman–Crippen LogP) is 3.61. The van der Waals surface area contributed by atoms with E-state index in [-0.39, 0.29) is 12.5 Å². The molecule has 0 saturated carbocycles. The molecule has 0 spiro atoms. The Hall–Kier alpha value is -1.38. The summed E-state index contributed by atoms with van der Waals surface area (Å²) in [5, 5.41) is 0. The number of carbonyl (C=O) groups excluding carboxylic acids is 2. The van der Waals surface area contributed by atoms with Crippen molar-refractivity contribution in [2.24, 2.45) is 0 Å². The highest BCUT2D eigenvalue weighted by atomic mass is 79.9. The van der Waals surface area contributed by atoms with Gasteiger partial charge in [-0.25, -0.2) is 4.79 Å². The summed E-state index contributed by atoms with van der Waals surface area (Å²) in [7, 11) is 0. The van der Waals surface area contributed by atoms with E-state index in [1.807, 2.05) is 13.0 Å². The lowest BCUT2D eigenvalue weighted by Crippen LogP contribution is -2.27. The SMILES string of the molecule is CCOC(=O)COc1ccc(Br)cc1/C=C1\SC(=S)N(CC)C1=O. The van der Waals surface area contributed by atoms with Gasteiger partial charge in [0, 0.05) is 16.6 Å². The number of benzene rings is 1. The van der Waals surface area contributed by atoms with Crippen LogP contribution in [0.2, 0.25) is 0 Å². The second kappa shape index (κ2) is 8.64. The number of ether oxygens (including phenoxy) is 2. The van der Waals surface area contributed by atoms with Crippen LogP contribution in [0.4, 0.5) is 0 Å². The second-order valence-electron chi connectivity index (χ2n) is 4.70. The lowest BCUT2D eigenvalue weighted by Gasteiger charge is -2.10. The first kappa shape index (κ1) is 19.0. The standard InChI is InChI=1S/C16H16BrNO4S2/c1-3-18-15(20)13(24-16(18)23)8-10-7-11(17)5-6-12(10)22-9-14(19)21-4-2/h5-8H,3-4,9H2,1-2H3/b13-8-. The van der Waals surface area contributed by atoms with E-state index in [9.17, 15) is 9.59 Å². The number of rotatable bonds is 6. The highest BCUT2D eigenvalue weighted by molar-refractivity contribution is 9.10. The molecule has 1 aliphatic rings. The molecule has 1 aromatic rings. The maximum absolute atomic E-state index is 12.3. The van der Waals surface area contributed by atoms with Crippen LogP contribution in [0.1, 0.15) is 19.4 Å². The molecule has 1 aromatic carbocycles. The van der Waals surface area contributed by atoms with Crippen LogP contribution in [-0.4, -0.2) is 40.9 Å². The van der Waals surface area contributed by atoms with E-state index in [2.05, 4.69) is 15.9 Å². The topological polar surface area (TPSA) is 55.8 Å². The summed E-state index contributed by atoms with van der Waals surface area (Å²) < 4.78 is 11.8. The Labute approximate surface area is 158 Å². The Balaban J connectivity index is 2.25. The van der Waals surface area contributed by atoms with Gasteiger partial charge in [0.05, 0.1) is 11.5 Å². The normalized spacial score (nSPS) is 16.0. The lowest BCUT2D eigenvalue weighted by molar-refractivity contribution is -0.145. The quantitative estimate of drug-likeness (QED) is 0.391. The molecule has 1 amide bonds. The van der Waals surface area contributed by atoms with Crippen LogP contribution < -0.4 is 4.74 Å². The van der Waals surface area contributed by atoms with E-state index in [4.69, 9.17) is 21.7 Å². The molecule has 2 rings (SSSR count). The molecule has 24 heavy (non-hydrogen) atoms. The average molecular weight is 430 g/mol. The van der Waals surface area contributed by atoms with Gasteiger partial charge in [0.25, 0.3) is 5.91 Å². The molecule has 128 valence electrons. The molecule has 1 saturated heterocycles. The molecule has 0 atom stereocenters. The number of hydrogen-bond acceptors (Lipinski definition) is 6. The van der Waals surface area contributed by atoms with Crippen LogP contribution in [-0.2, 0) is 14.3 Å². The van der Waals surface area contributed by atoms with Crippen molar-refractivity contribution in [3.05, 3.63) is 33.1 Å². The molecule has 0 radical (unpaired) electrons. The number of carbonyl (C=O) groups is 2. The summed E-state index contributed by atoms with van der Waals surface area (Å²) >= 11 is 9.86. The van der Waals surface area contributed by atoms with Crippen molar-refractivity contribution < 1.29 is 19.1 Å². The Bertz CT molecular complexity index is 705. The molecule has 0 unspecified atom stereocenters. The molecular formula is C16H16BrNO4S2. The maximum Gasteiger partial charge on any atom is 0.344 e. The zero-order chi connectivity index (χ0) is 17.7. The van der Waals surface area contributed by atoms with Crippen molar-refractivity contribution in [1.29, 1.82) is 0 Å². The number of amides is 1. The third kappa shape index (κ3) is 4.58. The van der Waals surface area contributed by atoms with Gasteiger partial charge in [-0.1, -0.05) is 39.9 Å². The van der Waals surface area contributed by atoms with Crippen molar-refractivity contribution in [3.8, 4) is 5.75 Å². The third-order valence-electron chi connectivity index (χ3n) is 3.10. The summed E-state index contributed by atoms with van der Waals surface area (Å²) in [6.07, 6.45) is 1.72. The van der Waals surface area contributed by atoms with Crippen LogP contribution in [0.5, 0.6) is 5.75 Å². The van der Waals surface area contributed by atoms with E-state index in [0.717, 1.165) is 4.47 Å². The van der Waals surface area contributed by atoms with Gasteiger partial charge in [-0.3, -0.25) is 9.69 Å². The molecule has 0 aromatic heterocycles. The van der Waals surface area contributed by atoms with Gasteiger partial charge in [0.1, 0.15) is 10.1 Å². The Morgan fingerprint density at radius 3 is 2.79 bits per heavy atom. The van der Waals surface area contributed by atoms with Gasteiger partial charge in [0.15, 0.2) is 6.61 Å². The molecule has 8 heteroatoms. The van der Waals surface area contributed by atoms with E-state index in [0.29, 0.717) is 33.7 Å². The Kier molecular flexibility index (Phi) is 6.82. The predicted molar refractivity (Wildman–Crippen MR) is 102 cm³/mol. The molecule has 5 nitrogen and oxygen atoms in total. The first-order valence-electron chi connectivity index (χ1n) is 7.29. The van der Waals surface area contributed by atoms with E-state index >= 15 is 0 Å². The summed E-state index contributed by atoms with van der Waals surface area (Å²) in [6.45, 7) is 4.26. The smallest absolute Gasteiger partial charge is 0.344 e. The zero-order valence-corrected chi connectivity index (χ0v) is 16.4. The fourth-order valence-electron chi connectivity index (χ4n) is 2.02. The third-order valence-corrected chi connectivity index (χ3v) is 4.97. The summed E-state index contributed by atoms with van der Waals surface area (Å²) in [5.74, 6) is -0.0690. The van der Waals surface area contributed by atoms with Crippen LogP contribution in [0.3, 0.4) is 0 Å². The molecular weight excluding hydrogens is 414 g/mol. The molecule has 0 bridgehead atoms. The number of thioether (sulfide) groups is 1. The van der Waals surface area contributed by atoms with Crippen LogP contribution >= 0.6 is 39.9 Å². The van der Waals surface area contributed by atoms with Crippen molar-refractivity contribution in [1.82, 2.24) is 4.90 Å².